The molecule has 1 aromatic carbocycles. The van der Waals surface area contributed by atoms with Gasteiger partial charge in [0, 0.05) is 18.0 Å². The Balaban J connectivity index is 1.91. The topological polar surface area (TPSA) is 123 Å². The summed E-state index contributed by atoms with van der Waals surface area (Å²) in [5, 5.41) is 18.4. The molecule has 0 bridgehead atoms. The van der Waals surface area contributed by atoms with Crippen LogP contribution in [0.1, 0.15) is 16.1 Å². The van der Waals surface area contributed by atoms with E-state index in [0.29, 0.717) is 17.2 Å². The number of hydrogen-bond acceptors (Lipinski definition) is 8. The molecule has 2 N–H and O–H groups in total. The van der Waals surface area contributed by atoms with E-state index >= 15 is 0 Å². The second-order valence-electron chi connectivity index (χ2n) is 5.04. The molecule has 0 saturated heterocycles. The molecular weight excluding hydrogens is 360 g/mol. The average molecular weight is 376 g/mol. The third-order valence-corrected chi connectivity index (χ3v) is 4.02. The predicted octanol–water partition coefficient (Wildman–Crippen LogP) is 2.75. The highest BCUT2D eigenvalue weighted by Crippen LogP contribution is 2.25. The Hall–Kier alpha value is -3.27. The van der Waals surface area contributed by atoms with Gasteiger partial charge in [-0.1, -0.05) is 12.1 Å². The van der Waals surface area contributed by atoms with Crippen molar-refractivity contribution in [3.8, 4) is 0 Å². The Morgan fingerprint density at radius 1 is 1.46 bits per heavy atom. The maximum absolute atomic E-state index is 11.9. The average Bonchev–Trinajstić information content (AvgIpc) is 3.08. The van der Waals surface area contributed by atoms with Gasteiger partial charge >= 0.3 is 5.97 Å². The molecule has 26 heavy (non-hydrogen) atoms. The first-order valence-corrected chi connectivity index (χ1v) is 8.31. The van der Waals surface area contributed by atoms with Crippen molar-refractivity contribution in [2.75, 3.05) is 23.8 Å². The van der Waals surface area contributed by atoms with Crippen LogP contribution in [0.4, 0.5) is 16.5 Å². The third kappa shape index (κ3) is 4.86. The van der Waals surface area contributed by atoms with Crippen LogP contribution in [0.15, 0.2) is 36.2 Å². The van der Waals surface area contributed by atoms with Gasteiger partial charge in [0.15, 0.2) is 17.4 Å². The van der Waals surface area contributed by atoms with Crippen LogP contribution in [0, 0.1) is 17.0 Å². The van der Waals surface area contributed by atoms with E-state index in [1.807, 2.05) is 0 Å². The van der Waals surface area contributed by atoms with Crippen molar-refractivity contribution in [3.63, 3.8) is 0 Å². The number of benzene rings is 1. The standard InChI is InChI=1S/C16H16N4O5S/c1-3-7-17-16-19-12(9-26-16)15(22)25-8-14(21)18-11-5-4-6-13(10(11)2)20(23)24/h3-6,9H,1,7-8H2,2H3,(H,17,19)(H,18,21). The summed E-state index contributed by atoms with van der Waals surface area (Å²) in [5.74, 6) is -1.35. The summed E-state index contributed by atoms with van der Waals surface area (Å²) in [5.41, 5.74) is 0.571. The highest BCUT2D eigenvalue weighted by molar-refractivity contribution is 7.13. The minimum atomic E-state index is -0.737. The zero-order chi connectivity index (χ0) is 19.1. The van der Waals surface area contributed by atoms with Crippen molar-refractivity contribution in [3.05, 3.63) is 57.6 Å². The summed E-state index contributed by atoms with van der Waals surface area (Å²) in [7, 11) is 0. The Labute approximate surface area is 152 Å². The molecule has 0 aliphatic carbocycles. The third-order valence-electron chi connectivity index (χ3n) is 3.22. The molecule has 1 aromatic heterocycles. The van der Waals surface area contributed by atoms with E-state index in [1.165, 1.54) is 41.8 Å². The SMILES string of the molecule is C=CCNc1nc(C(=O)OCC(=O)Nc2cccc([N+](=O)[O-])c2C)cs1. The number of carbonyl (C=O) groups is 2. The second-order valence-corrected chi connectivity index (χ2v) is 5.90. The monoisotopic (exact) mass is 376 g/mol. The lowest BCUT2D eigenvalue weighted by molar-refractivity contribution is -0.385. The number of nitro benzene ring substituents is 1. The largest absolute Gasteiger partial charge is 0.451 e. The van der Waals surface area contributed by atoms with Gasteiger partial charge in [-0.05, 0) is 13.0 Å². The van der Waals surface area contributed by atoms with Gasteiger partial charge in [-0.15, -0.1) is 17.9 Å². The first-order chi connectivity index (χ1) is 12.4. The summed E-state index contributed by atoms with van der Waals surface area (Å²) in [6.07, 6.45) is 1.65. The van der Waals surface area contributed by atoms with Crippen molar-refractivity contribution in [2.45, 2.75) is 6.92 Å². The van der Waals surface area contributed by atoms with Crippen LogP contribution in [0.3, 0.4) is 0 Å². The van der Waals surface area contributed by atoms with E-state index in [2.05, 4.69) is 22.2 Å². The number of ether oxygens (including phenoxy) is 1. The summed E-state index contributed by atoms with van der Waals surface area (Å²) < 4.78 is 4.91. The van der Waals surface area contributed by atoms with Gasteiger partial charge in [-0.25, -0.2) is 9.78 Å². The van der Waals surface area contributed by atoms with Gasteiger partial charge < -0.3 is 15.4 Å². The summed E-state index contributed by atoms with van der Waals surface area (Å²) in [4.78, 5) is 38.2. The van der Waals surface area contributed by atoms with E-state index in [0.717, 1.165) is 0 Å². The Morgan fingerprint density at radius 2 is 2.23 bits per heavy atom. The van der Waals surface area contributed by atoms with E-state index in [9.17, 15) is 19.7 Å². The molecule has 1 heterocycles. The summed E-state index contributed by atoms with van der Waals surface area (Å²) in [6, 6.07) is 4.32. The molecule has 0 fully saturated rings. The van der Waals surface area contributed by atoms with Gasteiger partial charge in [-0.2, -0.15) is 0 Å². The number of amides is 1. The Morgan fingerprint density at radius 3 is 2.92 bits per heavy atom. The molecule has 2 aromatic rings. The molecular formula is C16H16N4O5S. The number of rotatable bonds is 8. The van der Waals surface area contributed by atoms with E-state index in [1.54, 1.807) is 6.08 Å². The van der Waals surface area contributed by atoms with Crippen molar-refractivity contribution in [1.29, 1.82) is 0 Å². The lowest BCUT2D eigenvalue weighted by Crippen LogP contribution is -2.21. The number of thiazole rings is 1. The Kier molecular flexibility index (Phi) is 6.39. The Bertz CT molecular complexity index is 849. The minimum Gasteiger partial charge on any atom is -0.451 e. The first kappa shape index (κ1) is 19.1. The van der Waals surface area contributed by atoms with Gasteiger partial charge in [-0.3, -0.25) is 14.9 Å². The van der Waals surface area contributed by atoms with Crippen LogP contribution in [0.2, 0.25) is 0 Å². The molecule has 10 heteroatoms. The summed E-state index contributed by atoms with van der Waals surface area (Å²) in [6.45, 7) is 5.06. The van der Waals surface area contributed by atoms with Gasteiger partial charge in [0.1, 0.15) is 0 Å². The first-order valence-electron chi connectivity index (χ1n) is 7.43. The van der Waals surface area contributed by atoms with Crippen LogP contribution in [-0.4, -0.2) is 34.9 Å². The molecule has 9 nitrogen and oxygen atoms in total. The van der Waals surface area contributed by atoms with E-state index < -0.39 is 23.4 Å². The second kappa shape index (κ2) is 8.72. The number of hydrogen-bond donors (Lipinski definition) is 2. The number of nitro groups is 1. The number of anilines is 2. The smallest absolute Gasteiger partial charge is 0.358 e. The van der Waals surface area contributed by atoms with Crippen LogP contribution in [0.25, 0.3) is 0 Å². The quantitative estimate of drug-likeness (QED) is 0.314. The number of aromatic nitrogens is 1. The van der Waals surface area contributed by atoms with Crippen LogP contribution >= 0.6 is 11.3 Å². The van der Waals surface area contributed by atoms with Crippen molar-refractivity contribution >= 4 is 39.7 Å². The fourth-order valence-corrected chi connectivity index (χ4v) is 2.65. The lowest BCUT2D eigenvalue weighted by Gasteiger charge is -2.08. The fraction of sp³-hybridized carbons (Fsp3) is 0.188. The van der Waals surface area contributed by atoms with E-state index in [-0.39, 0.29) is 17.1 Å². The predicted molar refractivity (Wildman–Crippen MR) is 97.5 cm³/mol. The molecule has 1 amide bonds. The van der Waals surface area contributed by atoms with Crippen molar-refractivity contribution < 1.29 is 19.2 Å². The zero-order valence-corrected chi connectivity index (χ0v) is 14.7. The maximum atomic E-state index is 11.9. The molecule has 0 spiro atoms. The molecule has 136 valence electrons. The number of nitrogens with zero attached hydrogens (tertiary/aromatic N) is 2. The lowest BCUT2D eigenvalue weighted by atomic mass is 10.1. The molecule has 0 saturated carbocycles. The molecule has 2 rings (SSSR count). The van der Waals surface area contributed by atoms with Gasteiger partial charge in [0.25, 0.3) is 11.6 Å². The molecule has 0 atom stereocenters. The zero-order valence-electron chi connectivity index (χ0n) is 13.9. The highest BCUT2D eigenvalue weighted by Gasteiger charge is 2.17. The molecule has 0 radical (unpaired) electrons. The van der Waals surface area contributed by atoms with Gasteiger partial charge in [0.05, 0.1) is 16.2 Å². The molecule has 0 unspecified atom stereocenters. The fourth-order valence-electron chi connectivity index (χ4n) is 1.96. The normalized spacial score (nSPS) is 10.0. The van der Waals surface area contributed by atoms with Crippen LogP contribution in [-0.2, 0) is 9.53 Å². The van der Waals surface area contributed by atoms with Gasteiger partial charge in [0.2, 0.25) is 0 Å². The minimum absolute atomic E-state index is 0.0842. The van der Waals surface area contributed by atoms with E-state index in [4.69, 9.17) is 4.74 Å². The molecule has 0 aliphatic rings. The molecule has 0 aliphatic heterocycles. The van der Waals surface area contributed by atoms with Crippen molar-refractivity contribution in [2.24, 2.45) is 0 Å². The number of carbonyl (C=O) groups excluding carboxylic acids is 2. The van der Waals surface area contributed by atoms with Crippen molar-refractivity contribution in [1.82, 2.24) is 4.98 Å². The number of nitrogens with one attached hydrogen (secondary N) is 2. The number of esters is 1. The summed E-state index contributed by atoms with van der Waals surface area (Å²) >= 11 is 1.23. The maximum Gasteiger partial charge on any atom is 0.358 e. The highest BCUT2D eigenvalue weighted by atomic mass is 32.1. The van der Waals surface area contributed by atoms with Crippen LogP contribution < -0.4 is 10.6 Å². The van der Waals surface area contributed by atoms with Crippen LogP contribution in [0.5, 0.6) is 0 Å².